The van der Waals surface area contributed by atoms with Crippen molar-refractivity contribution in [2.45, 2.75) is 5.92 Å². The molecule has 0 aliphatic rings. The van der Waals surface area contributed by atoms with E-state index in [1.54, 1.807) is 42.6 Å². The molecule has 0 aliphatic heterocycles. The molecule has 0 radical (unpaired) electrons. The van der Waals surface area contributed by atoms with Crippen LogP contribution in [-0.4, -0.2) is 21.8 Å². The highest BCUT2D eigenvalue weighted by Gasteiger charge is 2.28. The largest absolute Gasteiger partial charge is 0.453 e. The number of halogens is 2. The number of amides is 2. The molecule has 2 heterocycles. The van der Waals surface area contributed by atoms with Crippen LogP contribution in [0.25, 0.3) is 11.0 Å². The SMILES string of the molecule is NC(=O)C(C(=O)Nc1ccccc1Cl)c1ccc(Oc2ccnc3[nH]ccc23)c(F)c1. The van der Waals surface area contributed by atoms with Gasteiger partial charge < -0.3 is 20.8 Å². The molecule has 4 aromatic rings. The quantitative estimate of drug-likeness (QED) is 0.388. The van der Waals surface area contributed by atoms with Crippen molar-refractivity contribution in [2.75, 3.05) is 5.32 Å². The van der Waals surface area contributed by atoms with E-state index < -0.39 is 23.5 Å². The Kier molecular flexibility index (Phi) is 5.55. The number of rotatable bonds is 6. The van der Waals surface area contributed by atoms with Crippen LogP contribution in [0.2, 0.25) is 5.02 Å². The first-order chi connectivity index (χ1) is 14.9. The summed E-state index contributed by atoms with van der Waals surface area (Å²) >= 11 is 6.04. The molecule has 2 aromatic carbocycles. The maximum absolute atomic E-state index is 14.8. The number of primary amides is 1. The predicted molar refractivity (Wildman–Crippen MR) is 115 cm³/mol. The van der Waals surface area contributed by atoms with E-state index in [0.29, 0.717) is 27.5 Å². The zero-order valence-electron chi connectivity index (χ0n) is 15.9. The second-order valence-electron chi connectivity index (χ2n) is 6.65. The zero-order valence-corrected chi connectivity index (χ0v) is 16.7. The molecule has 2 amide bonds. The first kappa shape index (κ1) is 20.4. The predicted octanol–water partition coefficient (Wildman–Crippen LogP) is 4.36. The van der Waals surface area contributed by atoms with Gasteiger partial charge in [-0.05, 0) is 42.0 Å². The number of para-hydroxylation sites is 1. The maximum Gasteiger partial charge on any atom is 0.241 e. The minimum absolute atomic E-state index is 0.0767. The molecule has 7 nitrogen and oxygen atoms in total. The van der Waals surface area contributed by atoms with Crippen LogP contribution < -0.4 is 15.8 Å². The number of aromatic amines is 1. The third kappa shape index (κ3) is 4.19. The van der Waals surface area contributed by atoms with E-state index in [9.17, 15) is 14.0 Å². The summed E-state index contributed by atoms with van der Waals surface area (Å²) in [5.74, 6) is -3.50. The monoisotopic (exact) mass is 438 g/mol. The summed E-state index contributed by atoms with van der Waals surface area (Å²) in [7, 11) is 0. The van der Waals surface area contributed by atoms with Crippen molar-refractivity contribution < 1.29 is 18.7 Å². The Morgan fingerprint density at radius 3 is 2.68 bits per heavy atom. The Morgan fingerprint density at radius 2 is 1.94 bits per heavy atom. The number of hydrogen-bond acceptors (Lipinski definition) is 4. The van der Waals surface area contributed by atoms with Crippen LogP contribution in [0.1, 0.15) is 11.5 Å². The van der Waals surface area contributed by atoms with E-state index >= 15 is 0 Å². The minimum atomic E-state index is -1.42. The fraction of sp³-hybridized carbons (Fsp3) is 0.0455. The first-order valence-corrected chi connectivity index (χ1v) is 9.56. The number of nitrogens with zero attached hydrogens (tertiary/aromatic N) is 1. The van der Waals surface area contributed by atoms with Crippen molar-refractivity contribution in [1.29, 1.82) is 0 Å². The van der Waals surface area contributed by atoms with Crippen LogP contribution in [0.5, 0.6) is 11.5 Å². The van der Waals surface area contributed by atoms with Crippen LogP contribution in [0.3, 0.4) is 0 Å². The number of fused-ring (bicyclic) bond motifs is 1. The van der Waals surface area contributed by atoms with E-state index in [2.05, 4.69) is 15.3 Å². The number of nitrogens with two attached hydrogens (primary N) is 1. The lowest BCUT2D eigenvalue weighted by atomic mass is 9.97. The summed E-state index contributed by atoms with van der Waals surface area (Å²) in [4.78, 5) is 31.8. The summed E-state index contributed by atoms with van der Waals surface area (Å²) in [6, 6.07) is 13.7. The zero-order chi connectivity index (χ0) is 22.0. The molecule has 0 saturated heterocycles. The summed E-state index contributed by atoms with van der Waals surface area (Å²) in [6.45, 7) is 0. The molecule has 156 valence electrons. The van der Waals surface area contributed by atoms with Gasteiger partial charge in [-0.25, -0.2) is 9.37 Å². The topological polar surface area (TPSA) is 110 Å². The summed E-state index contributed by atoms with van der Waals surface area (Å²) in [5.41, 5.74) is 6.42. The maximum atomic E-state index is 14.8. The van der Waals surface area contributed by atoms with E-state index in [-0.39, 0.29) is 11.3 Å². The van der Waals surface area contributed by atoms with Crippen LogP contribution in [0, 0.1) is 5.82 Å². The molecule has 4 rings (SSSR count). The Morgan fingerprint density at radius 1 is 1.13 bits per heavy atom. The Balaban J connectivity index is 1.60. The summed E-state index contributed by atoms with van der Waals surface area (Å²) in [6.07, 6.45) is 3.22. The van der Waals surface area contributed by atoms with Crippen molar-refractivity contribution in [3.63, 3.8) is 0 Å². The van der Waals surface area contributed by atoms with Gasteiger partial charge in [0.15, 0.2) is 11.6 Å². The second kappa shape index (κ2) is 8.45. The van der Waals surface area contributed by atoms with Gasteiger partial charge in [0, 0.05) is 12.4 Å². The first-order valence-electron chi connectivity index (χ1n) is 9.18. The van der Waals surface area contributed by atoms with Gasteiger partial charge in [0.1, 0.15) is 17.3 Å². The average Bonchev–Trinajstić information content (AvgIpc) is 3.21. The molecular formula is C22H16ClFN4O3. The standard InChI is InChI=1S/C22H16ClFN4O3/c23-14-3-1-2-4-16(14)28-22(30)19(20(25)29)12-5-6-18(15(24)11-12)31-17-8-10-27-21-13(17)7-9-26-21/h1-11,19H,(H2,25,29)(H,26,27)(H,28,30). The number of carbonyl (C=O) groups is 2. The van der Waals surface area contributed by atoms with E-state index in [1.165, 1.54) is 18.3 Å². The van der Waals surface area contributed by atoms with E-state index in [4.69, 9.17) is 22.1 Å². The molecule has 0 saturated carbocycles. The van der Waals surface area contributed by atoms with Crippen LogP contribution >= 0.6 is 11.6 Å². The van der Waals surface area contributed by atoms with Gasteiger partial charge in [-0.2, -0.15) is 0 Å². The van der Waals surface area contributed by atoms with Crippen molar-refractivity contribution in [3.8, 4) is 11.5 Å². The second-order valence-corrected chi connectivity index (χ2v) is 7.05. The van der Waals surface area contributed by atoms with E-state index in [1.807, 2.05) is 0 Å². The average molecular weight is 439 g/mol. The highest BCUT2D eigenvalue weighted by Crippen LogP contribution is 2.32. The van der Waals surface area contributed by atoms with Crippen molar-refractivity contribution in [1.82, 2.24) is 9.97 Å². The molecule has 0 spiro atoms. The van der Waals surface area contributed by atoms with Gasteiger partial charge in [0.25, 0.3) is 0 Å². The highest BCUT2D eigenvalue weighted by atomic mass is 35.5. The van der Waals surface area contributed by atoms with Crippen molar-refractivity contribution >= 4 is 40.1 Å². The Labute approximate surface area is 181 Å². The number of pyridine rings is 1. The van der Waals surface area contributed by atoms with Crippen LogP contribution in [-0.2, 0) is 9.59 Å². The fourth-order valence-electron chi connectivity index (χ4n) is 3.13. The molecule has 0 fully saturated rings. The lowest BCUT2D eigenvalue weighted by molar-refractivity contribution is -0.127. The fourth-order valence-corrected chi connectivity index (χ4v) is 3.32. The van der Waals surface area contributed by atoms with Gasteiger partial charge in [0.2, 0.25) is 11.8 Å². The van der Waals surface area contributed by atoms with Gasteiger partial charge in [-0.3, -0.25) is 9.59 Å². The molecule has 4 N–H and O–H groups in total. The Bertz CT molecular complexity index is 1290. The lowest BCUT2D eigenvalue weighted by Gasteiger charge is -2.16. The van der Waals surface area contributed by atoms with Gasteiger partial charge >= 0.3 is 0 Å². The van der Waals surface area contributed by atoms with Crippen LogP contribution in [0.15, 0.2) is 67.0 Å². The molecule has 31 heavy (non-hydrogen) atoms. The van der Waals surface area contributed by atoms with Crippen LogP contribution in [0.4, 0.5) is 10.1 Å². The van der Waals surface area contributed by atoms with Gasteiger partial charge in [0.05, 0.1) is 16.1 Å². The van der Waals surface area contributed by atoms with Crippen molar-refractivity contribution in [3.05, 3.63) is 83.4 Å². The molecule has 0 bridgehead atoms. The Hall–Kier alpha value is -3.91. The third-order valence-corrected chi connectivity index (χ3v) is 4.94. The molecule has 0 aliphatic carbocycles. The lowest BCUT2D eigenvalue weighted by Crippen LogP contribution is -2.32. The number of benzene rings is 2. The number of carbonyl (C=O) groups excluding carboxylic acids is 2. The highest BCUT2D eigenvalue weighted by molar-refractivity contribution is 6.33. The van der Waals surface area contributed by atoms with Crippen molar-refractivity contribution in [2.24, 2.45) is 5.73 Å². The molecular weight excluding hydrogens is 423 g/mol. The molecule has 1 atom stereocenters. The number of nitrogens with one attached hydrogen (secondary N) is 2. The smallest absolute Gasteiger partial charge is 0.241 e. The number of hydrogen-bond donors (Lipinski definition) is 3. The third-order valence-electron chi connectivity index (χ3n) is 4.61. The molecule has 9 heteroatoms. The molecule has 2 aromatic heterocycles. The number of H-pyrrole nitrogens is 1. The summed E-state index contributed by atoms with van der Waals surface area (Å²) < 4.78 is 20.5. The normalized spacial score (nSPS) is 11.8. The van der Waals surface area contributed by atoms with Gasteiger partial charge in [-0.15, -0.1) is 0 Å². The minimum Gasteiger partial charge on any atom is -0.453 e. The number of aromatic nitrogens is 2. The van der Waals surface area contributed by atoms with E-state index in [0.717, 1.165) is 6.07 Å². The number of ether oxygens (including phenoxy) is 1. The number of anilines is 1. The summed E-state index contributed by atoms with van der Waals surface area (Å²) in [5, 5.41) is 3.52. The van der Waals surface area contributed by atoms with Gasteiger partial charge in [-0.1, -0.05) is 29.8 Å². The molecule has 1 unspecified atom stereocenters.